The number of carbonyl (C=O) groups excluding carboxylic acids is 1. The summed E-state index contributed by atoms with van der Waals surface area (Å²) in [5.41, 5.74) is 3.47. The van der Waals surface area contributed by atoms with Crippen molar-refractivity contribution >= 4 is 11.7 Å². The van der Waals surface area contributed by atoms with Gasteiger partial charge in [0.25, 0.3) is 0 Å². The monoisotopic (exact) mass is 384 g/mol. The first kappa shape index (κ1) is 18.7. The Bertz CT molecular complexity index is 942. The van der Waals surface area contributed by atoms with Gasteiger partial charge in [-0.25, -0.2) is 9.18 Å². The van der Waals surface area contributed by atoms with Crippen molar-refractivity contribution in [2.45, 2.75) is 57.8 Å². The van der Waals surface area contributed by atoms with Gasteiger partial charge in [0, 0.05) is 29.7 Å². The van der Waals surface area contributed by atoms with Crippen LogP contribution in [0, 0.1) is 12.7 Å². The molecule has 2 aromatic rings. The standard InChI is InChI=1S/C22H25FN2O3/c1-12-17(23)8-7-15-19(11-22(2,3)28-20(12)15)25-21(27)24-18-6-4-5-13-9-14(26)10-16(13)18/h4-8,14,19,26H,9-11H2,1-3H3,(H2,24,25,27)/t14-,19-/m1/s1. The van der Waals surface area contributed by atoms with Crippen molar-refractivity contribution in [1.82, 2.24) is 5.32 Å². The number of rotatable bonds is 2. The van der Waals surface area contributed by atoms with Crippen molar-refractivity contribution in [3.63, 3.8) is 0 Å². The van der Waals surface area contributed by atoms with Gasteiger partial charge in [-0.05, 0) is 50.5 Å². The van der Waals surface area contributed by atoms with Crippen molar-refractivity contribution in [2.24, 2.45) is 0 Å². The molecule has 1 heterocycles. The van der Waals surface area contributed by atoms with Crippen LogP contribution >= 0.6 is 0 Å². The fourth-order valence-electron chi connectivity index (χ4n) is 4.21. The molecular formula is C22H25FN2O3. The van der Waals surface area contributed by atoms with Gasteiger partial charge in [-0.15, -0.1) is 0 Å². The molecule has 3 N–H and O–H groups in total. The molecule has 0 spiro atoms. The molecular weight excluding hydrogens is 359 g/mol. The summed E-state index contributed by atoms with van der Waals surface area (Å²) >= 11 is 0. The second kappa shape index (κ2) is 6.78. The van der Waals surface area contributed by atoms with Gasteiger partial charge < -0.3 is 20.5 Å². The number of benzene rings is 2. The van der Waals surface area contributed by atoms with E-state index in [4.69, 9.17) is 4.74 Å². The molecule has 2 atom stereocenters. The molecule has 0 saturated carbocycles. The van der Waals surface area contributed by atoms with Crippen LogP contribution in [-0.4, -0.2) is 22.8 Å². The molecule has 0 fully saturated rings. The lowest BCUT2D eigenvalue weighted by Crippen LogP contribution is -2.42. The maximum atomic E-state index is 14.0. The largest absolute Gasteiger partial charge is 0.487 e. The van der Waals surface area contributed by atoms with E-state index in [2.05, 4.69) is 10.6 Å². The van der Waals surface area contributed by atoms with E-state index in [9.17, 15) is 14.3 Å². The minimum absolute atomic E-state index is 0.291. The summed E-state index contributed by atoms with van der Waals surface area (Å²) in [6.07, 6.45) is 1.32. The second-order valence-corrected chi connectivity index (χ2v) is 8.31. The number of ether oxygens (including phenoxy) is 1. The van der Waals surface area contributed by atoms with E-state index in [1.807, 2.05) is 32.0 Å². The first-order chi connectivity index (χ1) is 13.2. The molecule has 4 rings (SSSR count). The van der Waals surface area contributed by atoms with Gasteiger partial charge in [-0.3, -0.25) is 0 Å². The molecule has 28 heavy (non-hydrogen) atoms. The van der Waals surface area contributed by atoms with E-state index in [1.165, 1.54) is 6.07 Å². The van der Waals surface area contributed by atoms with Crippen LogP contribution < -0.4 is 15.4 Å². The summed E-state index contributed by atoms with van der Waals surface area (Å²) in [5.74, 6) is 0.184. The van der Waals surface area contributed by atoms with Crippen LogP contribution in [0.25, 0.3) is 0 Å². The van der Waals surface area contributed by atoms with Gasteiger partial charge in [0.05, 0.1) is 12.1 Å². The number of amides is 2. The zero-order valence-corrected chi connectivity index (χ0v) is 16.3. The third-order valence-corrected chi connectivity index (χ3v) is 5.54. The van der Waals surface area contributed by atoms with Crippen LogP contribution in [0.4, 0.5) is 14.9 Å². The highest BCUT2D eigenvalue weighted by Crippen LogP contribution is 2.42. The molecule has 0 saturated heterocycles. The average Bonchev–Trinajstić information content (AvgIpc) is 2.99. The maximum absolute atomic E-state index is 14.0. The molecule has 0 bridgehead atoms. The molecule has 0 unspecified atom stereocenters. The van der Waals surface area contributed by atoms with Gasteiger partial charge in [-0.1, -0.05) is 18.2 Å². The van der Waals surface area contributed by atoms with E-state index in [1.54, 1.807) is 13.0 Å². The van der Waals surface area contributed by atoms with Gasteiger partial charge in [0.15, 0.2) is 0 Å². The van der Waals surface area contributed by atoms with Gasteiger partial charge >= 0.3 is 6.03 Å². The van der Waals surface area contributed by atoms with Crippen LogP contribution in [0.15, 0.2) is 30.3 Å². The van der Waals surface area contributed by atoms with Crippen molar-refractivity contribution in [3.05, 3.63) is 58.4 Å². The highest BCUT2D eigenvalue weighted by Gasteiger charge is 2.36. The molecule has 5 nitrogen and oxygen atoms in total. The summed E-state index contributed by atoms with van der Waals surface area (Å²) in [6, 6.07) is 8.17. The SMILES string of the molecule is Cc1c(F)ccc2c1OC(C)(C)C[C@H]2NC(=O)Nc1cccc2c1C[C@H](O)C2. The predicted molar refractivity (Wildman–Crippen MR) is 105 cm³/mol. The van der Waals surface area contributed by atoms with E-state index in [-0.39, 0.29) is 17.9 Å². The summed E-state index contributed by atoms with van der Waals surface area (Å²) in [5, 5.41) is 15.8. The summed E-state index contributed by atoms with van der Waals surface area (Å²) < 4.78 is 20.0. The fraction of sp³-hybridized carbons (Fsp3) is 0.409. The number of nitrogens with one attached hydrogen (secondary N) is 2. The lowest BCUT2D eigenvalue weighted by atomic mass is 9.88. The zero-order chi connectivity index (χ0) is 20.1. The smallest absolute Gasteiger partial charge is 0.319 e. The Hall–Kier alpha value is -2.60. The highest BCUT2D eigenvalue weighted by molar-refractivity contribution is 5.91. The summed E-state index contributed by atoms with van der Waals surface area (Å²) in [6.45, 7) is 5.54. The van der Waals surface area contributed by atoms with E-state index >= 15 is 0 Å². The number of aliphatic hydroxyl groups is 1. The number of fused-ring (bicyclic) bond motifs is 2. The second-order valence-electron chi connectivity index (χ2n) is 8.31. The van der Waals surface area contributed by atoms with Crippen molar-refractivity contribution < 1.29 is 19.0 Å². The number of hydrogen-bond acceptors (Lipinski definition) is 3. The predicted octanol–water partition coefficient (Wildman–Crippen LogP) is 4.02. The Morgan fingerprint density at radius 2 is 2.04 bits per heavy atom. The number of carbonyl (C=O) groups is 1. The minimum atomic E-state index is -0.526. The van der Waals surface area contributed by atoms with Crippen LogP contribution in [0.2, 0.25) is 0 Å². The van der Waals surface area contributed by atoms with Crippen molar-refractivity contribution in [2.75, 3.05) is 5.32 Å². The lowest BCUT2D eigenvalue weighted by Gasteiger charge is -2.38. The Balaban J connectivity index is 1.56. The molecule has 1 aliphatic carbocycles. The summed E-state index contributed by atoms with van der Waals surface area (Å²) in [4.78, 5) is 12.7. The number of hydrogen-bond donors (Lipinski definition) is 3. The molecule has 0 aromatic heterocycles. The molecule has 2 aliphatic rings. The van der Waals surface area contributed by atoms with E-state index < -0.39 is 11.7 Å². The Labute approximate surface area is 163 Å². The molecule has 6 heteroatoms. The maximum Gasteiger partial charge on any atom is 0.319 e. The summed E-state index contributed by atoms with van der Waals surface area (Å²) in [7, 11) is 0. The van der Waals surface area contributed by atoms with E-state index in [0.29, 0.717) is 36.3 Å². The van der Waals surface area contributed by atoms with Crippen LogP contribution in [-0.2, 0) is 12.8 Å². The van der Waals surface area contributed by atoms with E-state index in [0.717, 1.165) is 16.7 Å². The quantitative estimate of drug-likeness (QED) is 0.732. The van der Waals surface area contributed by atoms with Crippen LogP contribution in [0.3, 0.4) is 0 Å². The van der Waals surface area contributed by atoms with Gasteiger partial charge in [-0.2, -0.15) is 0 Å². The third kappa shape index (κ3) is 3.44. The number of urea groups is 1. The topological polar surface area (TPSA) is 70.6 Å². The normalized spacial score (nSPS) is 22.0. The number of anilines is 1. The van der Waals surface area contributed by atoms with Crippen molar-refractivity contribution in [3.8, 4) is 5.75 Å². The third-order valence-electron chi connectivity index (χ3n) is 5.54. The van der Waals surface area contributed by atoms with Crippen LogP contribution in [0.5, 0.6) is 5.75 Å². The fourth-order valence-corrected chi connectivity index (χ4v) is 4.21. The van der Waals surface area contributed by atoms with Gasteiger partial charge in [0.2, 0.25) is 0 Å². The van der Waals surface area contributed by atoms with Crippen LogP contribution in [0.1, 0.15) is 48.6 Å². The Kier molecular flexibility index (Phi) is 4.54. The average molecular weight is 384 g/mol. The lowest BCUT2D eigenvalue weighted by molar-refractivity contribution is 0.0668. The van der Waals surface area contributed by atoms with Crippen molar-refractivity contribution in [1.29, 1.82) is 0 Å². The van der Waals surface area contributed by atoms with Gasteiger partial charge in [0.1, 0.15) is 17.2 Å². The first-order valence-electron chi connectivity index (χ1n) is 9.58. The molecule has 2 aromatic carbocycles. The first-order valence-corrected chi connectivity index (χ1v) is 9.58. The zero-order valence-electron chi connectivity index (χ0n) is 16.3. The number of halogens is 1. The Morgan fingerprint density at radius 1 is 1.25 bits per heavy atom. The highest BCUT2D eigenvalue weighted by atomic mass is 19.1. The molecule has 1 aliphatic heterocycles. The Morgan fingerprint density at radius 3 is 2.82 bits per heavy atom. The minimum Gasteiger partial charge on any atom is -0.487 e. The number of aliphatic hydroxyl groups excluding tert-OH is 1. The molecule has 148 valence electrons. The molecule has 0 radical (unpaired) electrons. The molecule has 2 amide bonds.